The largest absolute Gasteiger partial charge is 0.383 e. The zero-order valence-corrected chi connectivity index (χ0v) is 9.72. The van der Waals surface area contributed by atoms with E-state index in [0.29, 0.717) is 11.7 Å². The predicted octanol–water partition coefficient (Wildman–Crippen LogP) is 1.91. The molecule has 0 bridgehead atoms. The number of nitrogens with two attached hydrogens (primary N) is 1. The third-order valence-corrected chi connectivity index (χ3v) is 3.37. The van der Waals surface area contributed by atoms with Gasteiger partial charge in [0.15, 0.2) is 0 Å². The van der Waals surface area contributed by atoms with Crippen molar-refractivity contribution in [1.82, 2.24) is 14.5 Å². The number of aryl methyl sites for hydroxylation is 1. The molecular formula is C13H14N4. The van der Waals surface area contributed by atoms with Gasteiger partial charge >= 0.3 is 0 Å². The fraction of sp³-hybridized carbons (Fsp3) is 0.385. The number of aromatic nitrogens is 3. The van der Waals surface area contributed by atoms with E-state index in [4.69, 9.17) is 12.2 Å². The van der Waals surface area contributed by atoms with E-state index >= 15 is 0 Å². The van der Waals surface area contributed by atoms with Gasteiger partial charge in [-0.05, 0) is 31.2 Å². The maximum atomic E-state index is 5.89. The van der Waals surface area contributed by atoms with E-state index in [1.165, 1.54) is 19.2 Å². The average Bonchev–Trinajstić information content (AvgIpc) is 3.07. The monoisotopic (exact) mass is 226 g/mol. The highest BCUT2D eigenvalue weighted by atomic mass is 15.1. The van der Waals surface area contributed by atoms with Gasteiger partial charge in [-0.25, -0.2) is 9.97 Å². The quantitative estimate of drug-likeness (QED) is 0.796. The molecule has 1 aliphatic rings. The summed E-state index contributed by atoms with van der Waals surface area (Å²) in [4.78, 5) is 8.35. The lowest BCUT2D eigenvalue weighted by Gasteiger charge is -2.12. The van der Waals surface area contributed by atoms with Crippen molar-refractivity contribution >= 4 is 16.9 Å². The molecule has 4 nitrogen and oxygen atoms in total. The summed E-state index contributed by atoms with van der Waals surface area (Å²) in [5, 5.41) is 0.924. The topological polar surface area (TPSA) is 56.7 Å². The average molecular weight is 226 g/mol. The Bertz CT molecular complexity index is 616. The minimum absolute atomic E-state index is 0.0977. The second-order valence-electron chi connectivity index (χ2n) is 4.63. The zero-order chi connectivity index (χ0) is 12.0. The number of nitrogen functional groups attached to an aromatic ring is 1. The van der Waals surface area contributed by atoms with E-state index in [2.05, 4.69) is 20.5 Å². The van der Waals surface area contributed by atoms with Gasteiger partial charge < -0.3 is 10.3 Å². The molecule has 1 saturated carbocycles. The van der Waals surface area contributed by atoms with Crippen LogP contribution in [-0.4, -0.2) is 14.5 Å². The molecule has 0 radical (unpaired) electrons. The first kappa shape index (κ1) is 10.2. The third-order valence-electron chi connectivity index (χ3n) is 3.37. The van der Waals surface area contributed by atoms with Crippen molar-refractivity contribution in [2.24, 2.45) is 5.92 Å². The lowest BCUT2D eigenvalue weighted by molar-refractivity contribution is 0.568. The number of terminal acetylenes is 1. The summed E-state index contributed by atoms with van der Waals surface area (Å²) in [6.07, 6.45) is 11.6. The Kier molecular flexibility index (Phi) is 2.08. The van der Waals surface area contributed by atoms with Crippen molar-refractivity contribution in [3.63, 3.8) is 0 Å². The van der Waals surface area contributed by atoms with Crippen LogP contribution in [0.3, 0.4) is 0 Å². The second kappa shape index (κ2) is 3.49. The minimum Gasteiger partial charge on any atom is -0.383 e. The Morgan fingerprint density at radius 2 is 2.29 bits per heavy atom. The van der Waals surface area contributed by atoms with E-state index in [1.54, 1.807) is 0 Å². The van der Waals surface area contributed by atoms with Gasteiger partial charge in [0.2, 0.25) is 0 Å². The molecule has 0 aliphatic heterocycles. The van der Waals surface area contributed by atoms with E-state index < -0.39 is 0 Å². The Balaban J connectivity index is 2.24. The standard InChI is InChI=1S/C13H14N4/c1-3-10(9-4-5-9)17-6-8(2)11-12(14)15-7-16-13(11)17/h1,6-7,9-10H,4-5H2,2H3,(H2,14,15,16). The molecule has 3 rings (SSSR count). The van der Waals surface area contributed by atoms with Crippen LogP contribution in [0.1, 0.15) is 24.4 Å². The summed E-state index contributed by atoms with van der Waals surface area (Å²) in [6.45, 7) is 2.01. The van der Waals surface area contributed by atoms with Crippen molar-refractivity contribution in [1.29, 1.82) is 0 Å². The van der Waals surface area contributed by atoms with Crippen molar-refractivity contribution < 1.29 is 0 Å². The van der Waals surface area contributed by atoms with Gasteiger partial charge in [0.25, 0.3) is 0 Å². The molecule has 0 saturated heterocycles. The van der Waals surface area contributed by atoms with Crippen LogP contribution in [0.2, 0.25) is 0 Å². The molecule has 0 aromatic carbocycles. The Morgan fingerprint density at radius 3 is 2.94 bits per heavy atom. The van der Waals surface area contributed by atoms with E-state index in [-0.39, 0.29) is 6.04 Å². The highest BCUT2D eigenvalue weighted by molar-refractivity contribution is 5.89. The van der Waals surface area contributed by atoms with Gasteiger partial charge in [0.05, 0.1) is 11.4 Å². The summed E-state index contributed by atoms with van der Waals surface area (Å²) in [6, 6.07) is 0.0977. The van der Waals surface area contributed by atoms with Crippen molar-refractivity contribution in [2.75, 3.05) is 5.73 Å². The Labute approximate surface area is 99.9 Å². The van der Waals surface area contributed by atoms with Crippen molar-refractivity contribution in [3.05, 3.63) is 18.1 Å². The van der Waals surface area contributed by atoms with Crippen molar-refractivity contribution in [3.8, 4) is 12.3 Å². The van der Waals surface area contributed by atoms with Gasteiger partial charge in [-0.1, -0.05) is 5.92 Å². The molecule has 2 aromatic heterocycles. The van der Waals surface area contributed by atoms with Gasteiger partial charge in [0.1, 0.15) is 17.8 Å². The molecule has 1 unspecified atom stereocenters. The summed E-state index contributed by atoms with van der Waals surface area (Å²) in [7, 11) is 0. The number of nitrogens with zero attached hydrogens (tertiary/aromatic N) is 3. The summed E-state index contributed by atoms with van der Waals surface area (Å²) in [5.41, 5.74) is 7.82. The molecule has 1 aliphatic carbocycles. The van der Waals surface area contributed by atoms with Crippen LogP contribution in [0.5, 0.6) is 0 Å². The van der Waals surface area contributed by atoms with E-state index in [0.717, 1.165) is 16.6 Å². The SMILES string of the molecule is C#CC(C1CC1)n1cc(C)c2c(N)ncnc21. The predicted molar refractivity (Wildman–Crippen MR) is 67.3 cm³/mol. The minimum atomic E-state index is 0.0977. The molecular weight excluding hydrogens is 212 g/mol. The summed E-state index contributed by atoms with van der Waals surface area (Å²) in [5.74, 6) is 3.98. The maximum absolute atomic E-state index is 5.89. The Morgan fingerprint density at radius 1 is 1.53 bits per heavy atom. The van der Waals surface area contributed by atoms with Gasteiger partial charge in [-0.15, -0.1) is 6.42 Å². The molecule has 2 N–H and O–H groups in total. The highest BCUT2D eigenvalue weighted by Gasteiger charge is 2.32. The molecule has 86 valence electrons. The zero-order valence-electron chi connectivity index (χ0n) is 9.72. The number of fused-ring (bicyclic) bond motifs is 1. The van der Waals surface area contributed by atoms with Crippen LogP contribution in [-0.2, 0) is 0 Å². The second-order valence-corrected chi connectivity index (χ2v) is 4.63. The molecule has 4 heteroatoms. The molecule has 0 spiro atoms. The first-order chi connectivity index (χ1) is 8.22. The lowest BCUT2D eigenvalue weighted by atomic mass is 10.2. The van der Waals surface area contributed by atoms with Crippen LogP contribution in [0.25, 0.3) is 11.0 Å². The number of anilines is 1. The molecule has 2 aromatic rings. The van der Waals surface area contributed by atoms with E-state index in [1.807, 2.05) is 13.1 Å². The number of hydrogen-bond donors (Lipinski definition) is 1. The smallest absolute Gasteiger partial charge is 0.146 e. The summed E-state index contributed by atoms with van der Waals surface area (Å²) >= 11 is 0. The van der Waals surface area contributed by atoms with Gasteiger partial charge in [-0.2, -0.15) is 0 Å². The molecule has 1 fully saturated rings. The fourth-order valence-electron chi connectivity index (χ4n) is 2.37. The van der Waals surface area contributed by atoms with Crippen molar-refractivity contribution in [2.45, 2.75) is 25.8 Å². The number of hydrogen-bond acceptors (Lipinski definition) is 3. The Hall–Kier alpha value is -2.02. The van der Waals surface area contributed by atoms with Gasteiger partial charge in [0, 0.05) is 6.20 Å². The first-order valence-electron chi connectivity index (χ1n) is 5.76. The van der Waals surface area contributed by atoms with Crippen LogP contribution >= 0.6 is 0 Å². The highest BCUT2D eigenvalue weighted by Crippen LogP contribution is 2.41. The first-order valence-corrected chi connectivity index (χ1v) is 5.76. The molecule has 2 heterocycles. The van der Waals surface area contributed by atoms with Crippen LogP contribution in [0, 0.1) is 25.2 Å². The van der Waals surface area contributed by atoms with Crippen LogP contribution in [0.4, 0.5) is 5.82 Å². The maximum Gasteiger partial charge on any atom is 0.146 e. The molecule has 17 heavy (non-hydrogen) atoms. The number of rotatable bonds is 2. The normalized spacial score (nSPS) is 16.9. The summed E-state index contributed by atoms with van der Waals surface area (Å²) < 4.78 is 2.07. The third kappa shape index (κ3) is 1.47. The fourth-order valence-corrected chi connectivity index (χ4v) is 2.37. The van der Waals surface area contributed by atoms with Crippen LogP contribution in [0.15, 0.2) is 12.5 Å². The molecule has 0 amide bonds. The van der Waals surface area contributed by atoms with E-state index in [9.17, 15) is 0 Å². The van der Waals surface area contributed by atoms with Gasteiger partial charge in [-0.3, -0.25) is 0 Å². The van der Waals surface area contributed by atoms with Crippen LogP contribution < -0.4 is 5.73 Å². The molecule has 1 atom stereocenters. The lowest BCUT2D eigenvalue weighted by Crippen LogP contribution is -2.08.